The van der Waals surface area contributed by atoms with Crippen LogP contribution in [0, 0.1) is 12.8 Å². The SMILES string of the molecule is CCNCc1oc(COCCCC(C)C)cc1C. The molecule has 0 unspecified atom stereocenters. The number of hydrogen-bond acceptors (Lipinski definition) is 3. The van der Waals surface area contributed by atoms with Gasteiger partial charge in [-0.15, -0.1) is 0 Å². The molecule has 0 aliphatic heterocycles. The molecule has 0 fully saturated rings. The molecule has 3 heteroatoms. The molecule has 3 nitrogen and oxygen atoms in total. The molecule has 18 heavy (non-hydrogen) atoms. The third-order valence-electron chi connectivity index (χ3n) is 2.92. The van der Waals surface area contributed by atoms with Crippen LogP contribution in [0.5, 0.6) is 0 Å². The van der Waals surface area contributed by atoms with Gasteiger partial charge in [0.05, 0.1) is 6.54 Å². The fourth-order valence-corrected chi connectivity index (χ4v) is 1.84. The molecule has 1 heterocycles. The highest BCUT2D eigenvalue weighted by molar-refractivity contribution is 5.19. The van der Waals surface area contributed by atoms with E-state index in [2.05, 4.69) is 39.1 Å². The zero-order valence-electron chi connectivity index (χ0n) is 12.2. The van der Waals surface area contributed by atoms with Crippen molar-refractivity contribution in [2.45, 2.75) is 53.7 Å². The van der Waals surface area contributed by atoms with Gasteiger partial charge in [-0.1, -0.05) is 20.8 Å². The summed E-state index contributed by atoms with van der Waals surface area (Å²) in [6.07, 6.45) is 2.35. The lowest BCUT2D eigenvalue weighted by Crippen LogP contribution is -2.11. The van der Waals surface area contributed by atoms with Crippen LogP contribution in [0.15, 0.2) is 10.5 Å². The van der Waals surface area contributed by atoms with Crippen molar-refractivity contribution in [3.8, 4) is 0 Å². The van der Waals surface area contributed by atoms with Gasteiger partial charge >= 0.3 is 0 Å². The normalized spacial score (nSPS) is 11.4. The average molecular weight is 253 g/mol. The number of furan rings is 1. The van der Waals surface area contributed by atoms with Gasteiger partial charge in [0.15, 0.2) is 0 Å². The first-order chi connectivity index (χ1) is 8.63. The van der Waals surface area contributed by atoms with Crippen LogP contribution < -0.4 is 5.32 Å². The van der Waals surface area contributed by atoms with Crippen molar-refractivity contribution in [1.29, 1.82) is 0 Å². The van der Waals surface area contributed by atoms with Crippen molar-refractivity contribution in [2.24, 2.45) is 5.92 Å². The van der Waals surface area contributed by atoms with Gasteiger partial charge in [0.1, 0.15) is 18.1 Å². The Hall–Kier alpha value is -0.800. The van der Waals surface area contributed by atoms with Crippen molar-refractivity contribution in [3.63, 3.8) is 0 Å². The van der Waals surface area contributed by atoms with Crippen LogP contribution in [0.4, 0.5) is 0 Å². The fourth-order valence-electron chi connectivity index (χ4n) is 1.84. The average Bonchev–Trinajstić information content (AvgIpc) is 2.66. The fraction of sp³-hybridized carbons (Fsp3) is 0.733. The van der Waals surface area contributed by atoms with E-state index < -0.39 is 0 Å². The summed E-state index contributed by atoms with van der Waals surface area (Å²) in [7, 11) is 0. The Morgan fingerprint density at radius 1 is 1.39 bits per heavy atom. The summed E-state index contributed by atoms with van der Waals surface area (Å²) in [6, 6.07) is 2.08. The first-order valence-electron chi connectivity index (χ1n) is 7.00. The highest BCUT2D eigenvalue weighted by Crippen LogP contribution is 2.15. The molecule has 0 aliphatic carbocycles. The van der Waals surface area contributed by atoms with Gasteiger partial charge in [0.2, 0.25) is 0 Å². The van der Waals surface area contributed by atoms with E-state index in [-0.39, 0.29) is 0 Å². The van der Waals surface area contributed by atoms with Crippen molar-refractivity contribution in [3.05, 3.63) is 23.2 Å². The summed E-state index contributed by atoms with van der Waals surface area (Å²) in [6.45, 7) is 11.8. The van der Waals surface area contributed by atoms with Crippen LogP contribution in [0.3, 0.4) is 0 Å². The van der Waals surface area contributed by atoms with E-state index in [9.17, 15) is 0 Å². The summed E-state index contributed by atoms with van der Waals surface area (Å²) in [5.74, 6) is 2.72. The van der Waals surface area contributed by atoms with Gasteiger partial charge in [0, 0.05) is 6.61 Å². The predicted octanol–water partition coefficient (Wildman–Crippen LogP) is 3.65. The third kappa shape index (κ3) is 5.69. The number of nitrogens with one attached hydrogen (secondary N) is 1. The Bertz CT molecular complexity index is 331. The van der Waals surface area contributed by atoms with E-state index in [4.69, 9.17) is 9.15 Å². The van der Waals surface area contributed by atoms with Crippen LogP contribution in [-0.2, 0) is 17.9 Å². The number of ether oxygens (including phenoxy) is 1. The van der Waals surface area contributed by atoms with E-state index >= 15 is 0 Å². The molecule has 1 N–H and O–H groups in total. The minimum Gasteiger partial charge on any atom is -0.462 e. The molecule has 0 radical (unpaired) electrons. The number of aryl methyl sites for hydroxylation is 1. The molecule has 0 aromatic carbocycles. The minimum atomic E-state index is 0.588. The lowest BCUT2D eigenvalue weighted by molar-refractivity contribution is 0.0998. The molecule has 1 rings (SSSR count). The van der Waals surface area contributed by atoms with Gasteiger partial charge in [-0.05, 0) is 43.9 Å². The van der Waals surface area contributed by atoms with Crippen LogP contribution >= 0.6 is 0 Å². The topological polar surface area (TPSA) is 34.4 Å². The summed E-state index contributed by atoms with van der Waals surface area (Å²) >= 11 is 0. The van der Waals surface area contributed by atoms with Crippen molar-refractivity contribution in [1.82, 2.24) is 5.32 Å². The van der Waals surface area contributed by atoms with Crippen molar-refractivity contribution < 1.29 is 9.15 Å². The highest BCUT2D eigenvalue weighted by atomic mass is 16.5. The second-order valence-corrected chi connectivity index (χ2v) is 5.19. The Morgan fingerprint density at radius 2 is 2.17 bits per heavy atom. The Kier molecular flexibility index (Phi) is 7.06. The molecule has 0 saturated heterocycles. The standard InChI is InChI=1S/C15H27NO2/c1-5-16-10-15-13(4)9-14(18-15)11-17-8-6-7-12(2)3/h9,12,16H,5-8,10-11H2,1-4H3. The van der Waals surface area contributed by atoms with Gasteiger partial charge < -0.3 is 14.5 Å². The molecule has 0 atom stereocenters. The summed E-state index contributed by atoms with van der Waals surface area (Å²) in [5.41, 5.74) is 1.21. The van der Waals surface area contributed by atoms with E-state index in [1.165, 1.54) is 12.0 Å². The molecule has 1 aromatic heterocycles. The van der Waals surface area contributed by atoms with Crippen LogP contribution in [0.25, 0.3) is 0 Å². The smallest absolute Gasteiger partial charge is 0.130 e. The maximum atomic E-state index is 5.76. The molecule has 0 saturated carbocycles. The quantitative estimate of drug-likeness (QED) is 0.682. The lowest BCUT2D eigenvalue weighted by atomic mass is 10.1. The van der Waals surface area contributed by atoms with Gasteiger partial charge in [0.25, 0.3) is 0 Å². The lowest BCUT2D eigenvalue weighted by Gasteiger charge is -2.04. The maximum Gasteiger partial charge on any atom is 0.130 e. The van der Waals surface area contributed by atoms with Crippen molar-refractivity contribution in [2.75, 3.05) is 13.2 Å². The summed E-state index contributed by atoms with van der Waals surface area (Å²) in [5, 5.41) is 3.27. The Morgan fingerprint density at radius 3 is 2.83 bits per heavy atom. The molecule has 1 aromatic rings. The third-order valence-corrected chi connectivity index (χ3v) is 2.92. The molecule has 0 aliphatic rings. The summed E-state index contributed by atoms with van der Waals surface area (Å²) < 4.78 is 11.4. The van der Waals surface area contributed by atoms with E-state index in [1.54, 1.807) is 0 Å². The van der Waals surface area contributed by atoms with Crippen molar-refractivity contribution >= 4 is 0 Å². The number of hydrogen-bond donors (Lipinski definition) is 1. The monoisotopic (exact) mass is 253 g/mol. The van der Waals surface area contributed by atoms with E-state index in [0.29, 0.717) is 6.61 Å². The largest absolute Gasteiger partial charge is 0.462 e. The van der Waals surface area contributed by atoms with Gasteiger partial charge in [-0.2, -0.15) is 0 Å². The predicted molar refractivity (Wildman–Crippen MR) is 74.6 cm³/mol. The molecule has 0 spiro atoms. The maximum absolute atomic E-state index is 5.76. The summed E-state index contributed by atoms with van der Waals surface area (Å²) in [4.78, 5) is 0. The zero-order chi connectivity index (χ0) is 13.4. The minimum absolute atomic E-state index is 0.588. The molecule has 0 amide bonds. The van der Waals surface area contributed by atoms with Gasteiger partial charge in [-0.25, -0.2) is 0 Å². The Balaban J connectivity index is 2.25. The molecular weight excluding hydrogens is 226 g/mol. The van der Waals surface area contributed by atoms with Crippen LogP contribution in [-0.4, -0.2) is 13.2 Å². The Labute approximate surface area is 111 Å². The molecule has 104 valence electrons. The first-order valence-corrected chi connectivity index (χ1v) is 7.00. The number of rotatable bonds is 9. The van der Waals surface area contributed by atoms with E-state index in [0.717, 1.165) is 43.6 Å². The highest BCUT2D eigenvalue weighted by Gasteiger charge is 2.07. The second kappa shape index (κ2) is 8.33. The first kappa shape index (κ1) is 15.3. The molecular formula is C15H27NO2. The van der Waals surface area contributed by atoms with Gasteiger partial charge in [-0.3, -0.25) is 0 Å². The van der Waals surface area contributed by atoms with Crippen LogP contribution in [0.1, 0.15) is 50.7 Å². The van der Waals surface area contributed by atoms with Crippen LogP contribution in [0.2, 0.25) is 0 Å². The van der Waals surface area contributed by atoms with E-state index in [1.807, 2.05) is 0 Å². The molecule has 0 bridgehead atoms. The second-order valence-electron chi connectivity index (χ2n) is 5.19. The zero-order valence-corrected chi connectivity index (χ0v) is 12.2.